The molecule has 0 unspecified atom stereocenters. The van der Waals surface area contributed by atoms with Crippen LogP contribution >= 0.6 is 22.9 Å². The number of rotatable bonds is 3. The summed E-state index contributed by atoms with van der Waals surface area (Å²) in [6, 6.07) is 4.51. The summed E-state index contributed by atoms with van der Waals surface area (Å²) in [5.74, 6) is -0.281. The average Bonchev–Trinajstić information content (AvgIpc) is 2.71. The molecule has 0 fully saturated rings. The fraction of sp³-hybridized carbons (Fsp3) is 0.182. The number of nitrogens with one attached hydrogen (secondary N) is 1. The number of anilines is 1. The molecule has 1 heterocycles. The third-order valence-electron chi connectivity index (χ3n) is 2.03. The maximum atomic E-state index is 13.6. The summed E-state index contributed by atoms with van der Waals surface area (Å²) in [4.78, 5) is 4.92. The summed E-state index contributed by atoms with van der Waals surface area (Å²) in [6.07, 6.45) is 1.65. The SMILES string of the molecule is CCNc1ncc(-c2cc(Cl)ccc2F)s1. The van der Waals surface area contributed by atoms with Crippen molar-refractivity contribution in [3.05, 3.63) is 35.2 Å². The summed E-state index contributed by atoms with van der Waals surface area (Å²) in [5.41, 5.74) is 0.495. The van der Waals surface area contributed by atoms with Crippen LogP contribution in [0.2, 0.25) is 5.02 Å². The second kappa shape index (κ2) is 4.80. The minimum absolute atomic E-state index is 0.281. The third-order valence-corrected chi connectivity index (χ3v) is 3.25. The van der Waals surface area contributed by atoms with E-state index in [4.69, 9.17) is 11.6 Å². The summed E-state index contributed by atoms with van der Waals surface area (Å²) in [5, 5.41) is 4.40. The zero-order valence-electron chi connectivity index (χ0n) is 8.63. The van der Waals surface area contributed by atoms with Gasteiger partial charge in [0.15, 0.2) is 5.13 Å². The Labute approximate surface area is 102 Å². The Morgan fingerprint density at radius 1 is 1.50 bits per heavy atom. The highest BCUT2D eigenvalue weighted by Gasteiger charge is 2.09. The van der Waals surface area contributed by atoms with Crippen molar-refractivity contribution in [2.24, 2.45) is 0 Å². The van der Waals surface area contributed by atoms with Crippen LogP contribution in [0.3, 0.4) is 0 Å². The first-order chi connectivity index (χ1) is 7.70. The van der Waals surface area contributed by atoms with Crippen molar-refractivity contribution in [2.75, 3.05) is 11.9 Å². The first-order valence-corrected chi connectivity index (χ1v) is 6.05. The van der Waals surface area contributed by atoms with Gasteiger partial charge < -0.3 is 5.32 Å². The largest absolute Gasteiger partial charge is 0.362 e. The molecule has 2 rings (SSSR count). The topological polar surface area (TPSA) is 24.9 Å². The minimum atomic E-state index is -0.281. The second-order valence-electron chi connectivity index (χ2n) is 3.18. The molecular formula is C11H10ClFN2S. The third kappa shape index (κ3) is 2.33. The van der Waals surface area contributed by atoms with Gasteiger partial charge in [0.25, 0.3) is 0 Å². The monoisotopic (exact) mass is 256 g/mol. The van der Waals surface area contributed by atoms with Gasteiger partial charge in [-0.15, -0.1) is 0 Å². The van der Waals surface area contributed by atoms with Crippen molar-refractivity contribution in [1.82, 2.24) is 4.98 Å². The van der Waals surface area contributed by atoms with E-state index < -0.39 is 0 Å². The molecule has 1 aromatic carbocycles. The van der Waals surface area contributed by atoms with Gasteiger partial charge >= 0.3 is 0 Å². The van der Waals surface area contributed by atoms with Crippen LogP contribution in [-0.2, 0) is 0 Å². The first-order valence-electron chi connectivity index (χ1n) is 4.86. The van der Waals surface area contributed by atoms with E-state index >= 15 is 0 Å². The lowest BCUT2D eigenvalue weighted by Crippen LogP contribution is -1.94. The molecule has 16 heavy (non-hydrogen) atoms. The lowest BCUT2D eigenvalue weighted by atomic mass is 10.2. The van der Waals surface area contributed by atoms with Gasteiger partial charge in [-0.05, 0) is 25.1 Å². The smallest absolute Gasteiger partial charge is 0.183 e. The standard InChI is InChI=1S/C11H10ClFN2S/c1-2-14-11-15-6-10(16-11)8-5-7(12)3-4-9(8)13/h3-6H,2H2,1H3,(H,14,15). The highest BCUT2D eigenvalue weighted by Crippen LogP contribution is 2.32. The Bertz CT molecular complexity index is 498. The van der Waals surface area contributed by atoms with Crippen molar-refractivity contribution in [3.63, 3.8) is 0 Å². The molecule has 2 nitrogen and oxygen atoms in total. The molecule has 0 spiro atoms. The molecular weight excluding hydrogens is 247 g/mol. The number of aromatic nitrogens is 1. The quantitative estimate of drug-likeness (QED) is 0.897. The van der Waals surface area contributed by atoms with E-state index in [1.807, 2.05) is 6.92 Å². The van der Waals surface area contributed by atoms with E-state index in [0.29, 0.717) is 10.6 Å². The molecule has 0 amide bonds. The zero-order chi connectivity index (χ0) is 11.5. The lowest BCUT2D eigenvalue weighted by Gasteiger charge is -1.99. The van der Waals surface area contributed by atoms with Crippen LogP contribution in [-0.4, -0.2) is 11.5 Å². The Kier molecular flexibility index (Phi) is 3.41. The second-order valence-corrected chi connectivity index (χ2v) is 4.65. The fourth-order valence-electron chi connectivity index (χ4n) is 1.32. The van der Waals surface area contributed by atoms with Crippen LogP contribution in [0, 0.1) is 5.82 Å². The Balaban J connectivity index is 2.38. The molecule has 2 aromatic rings. The van der Waals surface area contributed by atoms with E-state index in [9.17, 15) is 4.39 Å². The Morgan fingerprint density at radius 3 is 3.06 bits per heavy atom. The van der Waals surface area contributed by atoms with Gasteiger partial charge in [0.1, 0.15) is 5.82 Å². The molecule has 0 aliphatic heterocycles. The van der Waals surface area contributed by atoms with E-state index in [-0.39, 0.29) is 5.82 Å². The Morgan fingerprint density at radius 2 is 2.31 bits per heavy atom. The lowest BCUT2D eigenvalue weighted by molar-refractivity contribution is 0.631. The molecule has 0 atom stereocenters. The van der Waals surface area contributed by atoms with Gasteiger partial charge in [0, 0.05) is 23.3 Å². The van der Waals surface area contributed by atoms with E-state index in [1.54, 1.807) is 12.3 Å². The molecule has 5 heteroatoms. The summed E-state index contributed by atoms with van der Waals surface area (Å²) < 4.78 is 13.6. The van der Waals surface area contributed by atoms with Crippen molar-refractivity contribution < 1.29 is 4.39 Å². The molecule has 1 N–H and O–H groups in total. The summed E-state index contributed by atoms with van der Waals surface area (Å²) in [7, 11) is 0. The predicted molar refractivity (Wildman–Crippen MR) is 66.7 cm³/mol. The number of nitrogens with zero attached hydrogens (tertiary/aromatic N) is 1. The zero-order valence-corrected chi connectivity index (χ0v) is 10.2. The van der Waals surface area contributed by atoms with Crippen LogP contribution in [0.15, 0.2) is 24.4 Å². The number of hydrogen-bond acceptors (Lipinski definition) is 3. The van der Waals surface area contributed by atoms with Crippen LogP contribution in [0.5, 0.6) is 0 Å². The molecule has 0 aliphatic rings. The van der Waals surface area contributed by atoms with E-state index in [2.05, 4.69) is 10.3 Å². The number of halogens is 2. The number of benzene rings is 1. The summed E-state index contributed by atoms with van der Waals surface area (Å²) in [6.45, 7) is 2.78. The summed E-state index contributed by atoms with van der Waals surface area (Å²) >= 11 is 7.25. The van der Waals surface area contributed by atoms with Crippen LogP contribution in [0.1, 0.15) is 6.92 Å². The first kappa shape index (κ1) is 11.4. The van der Waals surface area contributed by atoms with E-state index in [1.165, 1.54) is 23.5 Å². The van der Waals surface area contributed by atoms with Gasteiger partial charge in [-0.25, -0.2) is 9.37 Å². The number of hydrogen-bond donors (Lipinski definition) is 1. The van der Waals surface area contributed by atoms with Crippen LogP contribution < -0.4 is 5.32 Å². The fourth-order valence-corrected chi connectivity index (χ4v) is 2.39. The van der Waals surface area contributed by atoms with Crippen LogP contribution in [0.25, 0.3) is 10.4 Å². The van der Waals surface area contributed by atoms with Gasteiger partial charge in [-0.2, -0.15) is 0 Å². The highest BCUT2D eigenvalue weighted by atomic mass is 35.5. The molecule has 0 bridgehead atoms. The molecule has 0 saturated carbocycles. The van der Waals surface area contributed by atoms with Crippen molar-refractivity contribution in [3.8, 4) is 10.4 Å². The number of thiazole rings is 1. The maximum Gasteiger partial charge on any atom is 0.183 e. The molecule has 1 aromatic heterocycles. The van der Waals surface area contributed by atoms with E-state index in [0.717, 1.165) is 16.6 Å². The van der Waals surface area contributed by atoms with Gasteiger partial charge in [0.05, 0.1) is 4.88 Å². The van der Waals surface area contributed by atoms with Crippen LogP contribution in [0.4, 0.5) is 9.52 Å². The van der Waals surface area contributed by atoms with Crippen molar-refractivity contribution in [1.29, 1.82) is 0 Å². The van der Waals surface area contributed by atoms with Gasteiger partial charge in [-0.1, -0.05) is 22.9 Å². The highest BCUT2D eigenvalue weighted by molar-refractivity contribution is 7.18. The molecule has 84 valence electrons. The predicted octanol–water partition coefficient (Wildman–Crippen LogP) is 4.03. The van der Waals surface area contributed by atoms with Gasteiger partial charge in [0.2, 0.25) is 0 Å². The normalized spacial score (nSPS) is 10.4. The van der Waals surface area contributed by atoms with Crippen molar-refractivity contribution in [2.45, 2.75) is 6.92 Å². The average molecular weight is 257 g/mol. The van der Waals surface area contributed by atoms with Crippen molar-refractivity contribution >= 4 is 28.1 Å². The molecule has 0 aliphatic carbocycles. The Hall–Kier alpha value is -1.13. The molecule has 0 saturated heterocycles. The van der Waals surface area contributed by atoms with Gasteiger partial charge in [-0.3, -0.25) is 0 Å². The molecule has 0 radical (unpaired) electrons. The minimum Gasteiger partial charge on any atom is -0.362 e. The maximum absolute atomic E-state index is 13.6.